The fraction of sp³-hybridized carbons (Fsp3) is 0.353. The minimum absolute atomic E-state index is 0.0104. The van der Waals surface area contributed by atoms with Crippen LogP contribution >= 0.6 is 11.6 Å². The Kier molecular flexibility index (Phi) is 3.12. The van der Waals surface area contributed by atoms with Crippen LogP contribution in [0.5, 0.6) is 0 Å². The number of carbonyl (C=O) groups is 1. The van der Waals surface area contributed by atoms with Crippen molar-refractivity contribution in [2.75, 3.05) is 0 Å². The van der Waals surface area contributed by atoms with Crippen molar-refractivity contribution in [2.45, 2.75) is 37.4 Å². The van der Waals surface area contributed by atoms with Crippen molar-refractivity contribution in [2.24, 2.45) is 0 Å². The van der Waals surface area contributed by atoms with Gasteiger partial charge in [-0.2, -0.15) is 0 Å². The van der Waals surface area contributed by atoms with Gasteiger partial charge >= 0.3 is 0 Å². The minimum atomic E-state index is 0.0104. The lowest BCUT2D eigenvalue weighted by molar-refractivity contribution is 0.0931. The molecule has 0 saturated carbocycles. The zero-order valence-corrected chi connectivity index (χ0v) is 12.4. The van der Waals surface area contributed by atoms with Gasteiger partial charge in [0, 0.05) is 34.1 Å². The van der Waals surface area contributed by atoms with Crippen molar-refractivity contribution in [1.29, 1.82) is 0 Å². The SMILES string of the molecule is O=C(NC1CC2CCC1N2)c1ccc2c(Cl)cccc2c1. The van der Waals surface area contributed by atoms with Crippen LogP contribution in [0.4, 0.5) is 0 Å². The van der Waals surface area contributed by atoms with E-state index in [-0.39, 0.29) is 11.9 Å². The van der Waals surface area contributed by atoms with Gasteiger partial charge < -0.3 is 10.6 Å². The quantitative estimate of drug-likeness (QED) is 0.895. The molecule has 2 aliphatic rings. The molecular formula is C17H17ClN2O. The van der Waals surface area contributed by atoms with E-state index in [9.17, 15) is 4.79 Å². The summed E-state index contributed by atoms with van der Waals surface area (Å²) in [6, 6.07) is 12.8. The summed E-state index contributed by atoms with van der Waals surface area (Å²) in [5.41, 5.74) is 0.701. The first kappa shape index (κ1) is 13.1. The van der Waals surface area contributed by atoms with Gasteiger partial charge in [0.2, 0.25) is 0 Å². The first-order chi connectivity index (χ1) is 10.2. The second kappa shape index (κ2) is 5.00. The second-order valence-corrected chi connectivity index (χ2v) is 6.45. The van der Waals surface area contributed by atoms with E-state index in [1.54, 1.807) is 0 Å². The number of benzene rings is 2. The van der Waals surface area contributed by atoms with Gasteiger partial charge in [0.05, 0.1) is 0 Å². The highest BCUT2D eigenvalue weighted by atomic mass is 35.5. The van der Waals surface area contributed by atoms with Crippen molar-refractivity contribution < 1.29 is 4.79 Å². The molecule has 4 heteroatoms. The Hall–Kier alpha value is -1.58. The fourth-order valence-electron chi connectivity index (χ4n) is 3.62. The number of carbonyl (C=O) groups excluding carboxylic acids is 1. The number of hydrogen-bond donors (Lipinski definition) is 2. The molecule has 21 heavy (non-hydrogen) atoms. The van der Waals surface area contributed by atoms with Gasteiger partial charge in [-0.15, -0.1) is 0 Å². The zero-order valence-electron chi connectivity index (χ0n) is 11.6. The number of hydrogen-bond acceptors (Lipinski definition) is 2. The molecular weight excluding hydrogens is 284 g/mol. The highest BCUT2D eigenvalue weighted by Gasteiger charge is 2.39. The maximum atomic E-state index is 12.4. The molecule has 2 fully saturated rings. The second-order valence-electron chi connectivity index (χ2n) is 6.04. The third-order valence-corrected chi connectivity index (χ3v) is 5.04. The van der Waals surface area contributed by atoms with Crippen LogP contribution in [0.1, 0.15) is 29.6 Å². The van der Waals surface area contributed by atoms with Crippen molar-refractivity contribution in [3.05, 3.63) is 47.0 Å². The Morgan fingerprint density at radius 1 is 1.24 bits per heavy atom. The summed E-state index contributed by atoms with van der Waals surface area (Å²) in [5, 5.41) is 9.42. The summed E-state index contributed by atoms with van der Waals surface area (Å²) < 4.78 is 0. The summed E-state index contributed by atoms with van der Waals surface area (Å²) >= 11 is 6.16. The van der Waals surface area contributed by atoms with Gasteiger partial charge in [0.25, 0.3) is 5.91 Å². The monoisotopic (exact) mass is 300 g/mol. The van der Waals surface area contributed by atoms with E-state index in [1.807, 2.05) is 36.4 Å². The third-order valence-electron chi connectivity index (χ3n) is 4.71. The van der Waals surface area contributed by atoms with Crippen LogP contribution in [-0.4, -0.2) is 24.0 Å². The van der Waals surface area contributed by atoms with E-state index in [0.717, 1.165) is 22.2 Å². The van der Waals surface area contributed by atoms with Gasteiger partial charge in [-0.25, -0.2) is 0 Å². The Labute approximate surface area is 128 Å². The van der Waals surface area contributed by atoms with E-state index < -0.39 is 0 Å². The summed E-state index contributed by atoms with van der Waals surface area (Å²) in [6.45, 7) is 0. The summed E-state index contributed by atoms with van der Waals surface area (Å²) in [6.07, 6.45) is 3.46. The first-order valence-electron chi connectivity index (χ1n) is 7.46. The molecule has 108 valence electrons. The van der Waals surface area contributed by atoms with E-state index >= 15 is 0 Å². The topological polar surface area (TPSA) is 41.1 Å². The van der Waals surface area contributed by atoms with Crippen LogP contribution in [0.25, 0.3) is 10.8 Å². The van der Waals surface area contributed by atoms with E-state index in [4.69, 9.17) is 11.6 Å². The van der Waals surface area contributed by atoms with Crippen LogP contribution in [0.15, 0.2) is 36.4 Å². The molecule has 0 spiro atoms. The number of halogens is 1. The predicted octanol–water partition coefficient (Wildman–Crippen LogP) is 3.12. The van der Waals surface area contributed by atoms with Crippen LogP contribution in [-0.2, 0) is 0 Å². The molecule has 2 aromatic carbocycles. The molecule has 4 rings (SSSR count). The zero-order chi connectivity index (χ0) is 14.4. The van der Waals surface area contributed by atoms with Crippen molar-refractivity contribution in [3.63, 3.8) is 0 Å². The molecule has 2 heterocycles. The van der Waals surface area contributed by atoms with Gasteiger partial charge in [0.15, 0.2) is 0 Å². The minimum Gasteiger partial charge on any atom is -0.348 e. The standard InChI is InChI=1S/C17H17ClN2O/c18-14-3-1-2-10-8-11(4-6-13(10)14)17(21)20-16-9-12-5-7-15(16)19-12/h1-4,6,8,12,15-16,19H,5,7,9H2,(H,20,21). The number of nitrogens with one attached hydrogen (secondary N) is 2. The summed E-state index contributed by atoms with van der Waals surface area (Å²) in [4.78, 5) is 12.4. The molecule has 3 atom stereocenters. The highest BCUT2D eigenvalue weighted by Crippen LogP contribution is 2.29. The number of rotatable bonds is 2. The normalized spacial score (nSPS) is 27.2. The van der Waals surface area contributed by atoms with Crippen molar-refractivity contribution in [1.82, 2.24) is 10.6 Å². The fourth-order valence-corrected chi connectivity index (χ4v) is 3.87. The Balaban J connectivity index is 1.57. The predicted molar refractivity (Wildman–Crippen MR) is 84.8 cm³/mol. The van der Waals surface area contributed by atoms with Crippen LogP contribution < -0.4 is 10.6 Å². The molecule has 0 aromatic heterocycles. The summed E-state index contributed by atoms with van der Waals surface area (Å²) in [5.74, 6) is 0.0104. The lowest BCUT2D eigenvalue weighted by Crippen LogP contribution is -2.42. The van der Waals surface area contributed by atoms with Crippen LogP contribution in [0.2, 0.25) is 5.02 Å². The molecule has 2 N–H and O–H groups in total. The highest BCUT2D eigenvalue weighted by molar-refractivity contribution is 6.35. The Morgan fingerprint density at radius 2 is 2.14 bits per heavy atom. The smallest absolute Gasteiger partial charge is 0.251 e. The van der Waals surface area contributed by atoms with Crippen LogP contribution in [0, 0.1) is 0 Å². The molecule has 2 aromatic rings. The number of fused-ring (bicyclic) bond motifs is 3. The largest absolute Gasteiger partial charge is 0.348 e. The molecule has 1 amide bonds. The maximum Gasteiger partial charge on any atom is 0.251 e. The van der Waals surface area contributed by atoms with E-state index in [2.05, 4.69) is 10.6 Å². The molecule has 2 aliphatic heterocycles. The first-order valence-corrected chi connectivity index (χ1v) is 7.84. The van der Waals surface area contributed by atoms with Crippen molar-refractivity contribution in [3.8, 4) is 0 Å². The summed E-state index contributed by atoms with van der Waals surface area (Å²) in [7, 11) is 0. The third kappa shape index (κ3) is 2.30. The van der Waals surface area contributed by atoms with Gasteiger partial charge in [-0.3, -0.25) is 4.79 Å². The van der Waals surface area contributed by atoms with Gasteiger partial charge in [-0.05, 0) is 42.8 Å². The van der Waals surface area contributed by atoms with Gasteiger partial charge in [-0.1, -0.05) is 29.8 Å². The Morgan fingerprint density at radius 3 is 2.90 bits per heavy atom. The lowest BCUT2D eigenvalue weighted by atomic mass is 9.95. The molecule has 2 saturated heterocycles. The lowest BCUT2D eigenvalue weighted by Gasteiger charge is -2.21. The van der Waals surface area contributed by atoms with Crippen LogP contribution in [0.3, 0.4) is 0 Å². The molecule has 2 bridgehead atoms. The number of amides is 1. The average molecular weight is 301 g/mol. The van der Waals surface area contributed by atoms with Crippen molar-refractivity contribution >= 4 is 28.3 Å². The molecule has 0 aliphatic carbocycles. The van der Waals surface area contributed by atoms with E-state index in [0.29, 0.717) is 17.6 Å². The average Bonchev–Trinajstić information content (AvgIpc) is 3.09. The molecule has 3 nitrogen and oxygen atoms in total. The Bertz CT molecular complexity index is 715. The van der Waals surface area contributed by atoms with Gasteiger partial charge in [0.1, 0.15) is 0 Å². The maximum absolute atomic E-state index is 12.4. The molecule has 0 radical (unpaired) electrons. The van der Waals surface area contributed by atoms with E-state index in [1.165, 1.54) is 12.8 Å². The molecule has 3 unspecified atom stereocenters.